The number of thiophene rings is 1. The van der Waals surface area contributed by atoms with Crippen LogP contribution in [0.15, 0.2) is 64.0 Å². The maximum absolute atomic E-state index is 13.0. The summed E-state index contributed by atoms with van der Waals surface area (Å²) < 4.78 is 53.6. The smallest absolute Gasteiger partial charge is 0.416 e. The van der Waals surface area contributed by atoms with Crippen LogP contribution < -0.4 is 15.7 Å². The van der Waals surface area contributed by atoms with E-state index in [1.165, 1.54) is 42.8 Å². The number of halogens is 3. The molecule has 0 saturated carbocycles. The minimum Gasteiger partial charge on any atom is -0.507 e. The number of carbonyl (C=O) groups is 2. The first-order valence-electron chi connectivity index (χ1n) is 12.2. The van der Waals surface area contributed by atoms with Crippen LogP contribution >= 0.6 is 11.3 Å². The number of carbonyl (C=O) groups excluding carboxylic acids is 2. The summed E-state index contributed by atoms with van der Waals surface area (Å²) in [7, 11) is 1.25. The van der Waals surface area contributed by atoms with E-state index in [0.717, 1.165) is 17.0 Å². The zero-order valence-electron chi connectivity index (χ0n) is 21.9. The molecule has 0 spiro atoms. The molecule has 0 aliphatic rings. The van der Waals surface area contributed by atoms with E-state index in [2.05, 4.69) is 10.1 Å². The van der Waals surface area contributed by atoms with Crippen molar-refractivity contribution in [1.82, 2.24) is 5.32 Å². The van der Waals surface area contributed by atoms with Gasteiger partial charge in [-0.25, -0.2) is 9.59 Å². The monoisotopic (exact) mass is 579 g/mol. The highest BCUT2D eigenvalue weighted by atomic mass is 32.1. The number of methoxy groups -OCH3 is 1. The molecule has 2 atom stereocenters. The lowest BCUT2D eigenvalue weighted by molar-refractivity contribution is -0.137. The third kappa shape index (κ3) is 8.22. The van der Waals surface area contributed by atoms with E-state index >= 15 is 0 Å². The predicted molar refractivity (Wildman–Crippen MR) is 142 cm³/mol. The fraction of sp³-hybridized carbons (Fsp3) is 0.321. The molecule has 0 aliphatic heterocycles. The van der Waals surface area contributed by atoms with Crippen LogP contribution in [0.3, 0.4) is 0 Å². The summed E-state index contributed by atoms with van der Waals surface area (Å²) in [5, 5.41) is 13.3. The molecule has 1 amide bonds. The number of aromatic hydroxyl groups is 1. The lowest BCUT2D eigenvalue weighted by Crippen LogP contribution is -2.22. The number of nitrogens with one attached hydrogen (secondary N) is 1. The highest BCUT2D eigenvalue weighted by Gasteiger charge is 2.30. The largest absolute Gasteiger partial charge is 0.507 e. The van der Waals surface area contributed by atoms with Crippen molar-refractivity contribution in [2.75, 3.05) is 7.11 Å². The van der Waals surface area contributed by atoms with Crippen LogP contribution in [0.2, 0.25) is 0 Å². The van der Waals surface area contributed by atoms with Gasteiger partial charge in [0.15, 0.2) is 10.8 Å². The molecule has 2 aromatic heterocycles. The summed E-state index contributed by atoms with van der Waals surface area (Å²) in [6.45, 7) is 3.41. The van der Waals surface area contributed by atoms with Gasteiger partial charge in [-0.1, -0.05) is 19.9 Å². The molecule has 0 aliphatic carbocycles. The molecular weight excluding hydrogens is 551 g/mol. The van der Waals surface area contributed by atoms with Crippen LogP contribution in [0.1, 0.15) is 59.2 Å². The van der Waals surface area contributed by atoms with Crippen LogP contribution in [0.25, 0.3) is 0 Å². The molecular formula is C28H28F3NO7S. The molecule has 214 valence electrons. The molecule has 40 heavy (non-hydrogen) atoms. The zero-order chi connectivity index (χ0) is 29.4. The summed E-state index contributed by atoms with van der Waals surface area (Å²) >= 11 is 1.21. The van der Waals surface area contributed by atoms with Crippen molar-refractivity contribution in [3.63, 3.8) is 0 Å². The minimum atomic E-state index is -4.44. The number of alkyl halides is 3. The molecule has 1 aromatic carbocycles. The highest BCUT2D eigenvalue weighted by molar-refractivity contribution is 7.13. The van der Waals surface area contributed by atoms with Gasteiger partial charge >= 0.3 is 17.9 Å². The summed E-state index contributed by atoms with van der Waals surface area (Å²) in [4.78, 5) is 37.4. The molecule has 0 saturated heterocycles. The fourth-order valence-corrected chi connectivity index (χ4v) is 4.72. The number of amides is 1. The third-order valence-corrected chi connectivity index (χ3v) is 6.93. The molecule has 2 heterocycles. The Bertz CT molecular complexity index is 1410. The quantitative estimate of drug-likeness (QED) is 0.234. The molecule has 0 fully saturated rings. The van der Waals surface area contributed by atoms with Gasteiger partial charge in [-0.2, -0.15) is 13.2 Å². The Morgan fingerprint density at radius 1 is 1.15 bits per heavy atom. The first-order chi connectivity index (χ1) is 18.9. The topological polar surface area (TPSA) is 115 Å². The first kappa shape index (κ1) is 30.5. The van der Waals surface area contributed by atoms with E-state index in [1.807, 2.05) is 0 Å². The number of ether oxygens (including phenoxy) is 2. The molecule has 0 radical (unpaired) electrons. The Hall–Kier alpha value is -4.06. The average Bonchev–Trinajstić information content (AvgIpc) is 3.33. The van der Waals surface area contributed by atoms with Gasteiger partial charge in [0.25, 0.3) is 0 Å². The van der Waals surface area contributed by atoms with Crippen molar-refractivity contribution in [3.05, 3.63) is 86.9 Å². The van der Waals surface area contributed by atoms with E-state index < -0.39 is 46.5 Å². The van der Waals surface area contributed by atoms with Gasteiger partial charge in [-0.05, 0) is 55.7 Å². The molecule has 8 nitrogen and oxygen atoms in total. The Morgan fingerprint density at radius 2 is 1.85 bits per heavy atom. The van der Waals surface area contributed by atoms with Crippen molar-refractivity contribution in [2.24, 2.45) is 5.92 Å². The highest BCUT2D eigenvalue weighted by Crippen LogP contribution is 2.34. The number of rotatable bonds is 11. The van der Waals surface area contributed by atoms with Gasteiger partial charge in [0.1, 0.15) is 22.8 Å². The summed E-state index contributed by atoms with van der Waals surface area (Å²) in [5.41, 5.74) is -2.14. The second-order valence-corrected chi connectivity index (χ2v) is 10.2. The van der Waals surface area contributed by atoms with Crippen LogP contribution in [-0.2, 0) is 17.3 Å². The van der Waals surface area contributed by atoms with Crippen LogP contribution in [-0.4, -0.2) is 24.1 Å². The van der Waals surface area contributed by atoms with Gasteiger partial charge in [0, 0.05) is 29.0 Å². The van der Waals surface area contributed by atoms with Crippen LogP contribution in [0.5, 0.6) is 16.6 Å². The van der Waals surface area contributed by atoms with Crippen molar-refractivity contribution in [2.45, 2.75) is 45.2 Å². The van der Waals surface area contributed by atoms with Crippen molar-refractivity contribution >= 4 is 23.2 Å². The van der Waals surface area contributed by atoms with E-state index in [4.69, 9.17) is 9.15 Å². The van der Waals surface area contributed by atoms with Crippen molar-refractivity contribution in [1.29, 1.82) is 0 Å². The molecule has 2 N–H and O–H groups in total. The van der Waals surface area contributed by atoms with Gasteiger partial charge in [-0.15, -0.1) is 11.3 Å². The van der Waals surface area contributed by atoms with E-state index in [0.29, 0.717) is 17.9 Å². The third-order valence-electron chi connectivity index (χ3n) is 5.94. The standard InChI is InChI=1S/C28H28F3NO7S/c1-16(6-4-5-13-32-27(36)37-3)22-15-21(33)24(26(35)39-22)25(34)17(2)14-20-11-12-23(40-20)38-19-9-7-18(8-10-19)28(29,30)31/h5,7-13,15-17,33H,4,6,14H2,1-3H3,(H,32,36)/b13-5+. The number of ketones is 1. The average molecular weight is 580 g/mol. The van der Waals surface area contributed by atoms with Gasteiger partial charge in [-0.3, -0.25) is 10.1 Å². The Morgan fingerprint density at radius 3 is 2.48 bits per heavy atom. The second-order valence-electron chi connectivity index (χ2n) is 9.03. The lowest BCUT2D eigenvalue weighted by atomic mass is 9.95. The molecule has 3 rings (SSSR count). The lowest BCUT2D eigenvalue weighted by Gasteiger charge is -2.13. The molecule has 0 bridgehead atoms. The van der Waals surface area contributed by atoms with E-state index in [9.17, 15) is 32.7 Å². The van der Waals surface area contributed by atoms with Gasteiger partial charge in [0.2, 0.25) is 0 Å². The first-order valence-corrected chi connectivity index (χ1v) is 13.0. The molecule has 2 unspecified atom stereocenters. The number of Topliss-reactive ketones (excluding diaryl/α,β-unsaturated/α-hetero) is 1. The van der Waals surface area contributed by atoms with Crippen molar-refractivity contribution in [3.8, 4) is 16.6 Å². The minimum absolute atomic E-state index is 0.226. The van der Waals surface area contributed by atoms with E-state index in [-0.39, 0.29) is 23.8 Å². The van der Waals surface area contributed by atoms with Crippen LogP contribution in [0, 0.1) is 5.92 Å². The normalized spacial score (nSPS) is 13.2. The Kier molecular flexibility index (Phi) is 10.2. The van der Waals surface area contributed by atoms with Crippen molar-refractivity contribution < 1.29 is 41.8 Å². The zero-order valence-corrected chi connectivity index (χ0v) is 22.7. The molecule has 3 aromatic rings. The predicted octanol–water partition coefficient (Wildman–Crippen LogP) is 7.03. The van der Waals surface area contributed by atoms with Gasteiger partial charge < -0.3 is 19.0 Å². The number of alkyl carbamates (subject to hydrolysis) is 1. The van der Waals surface area contributed by atoms with Crippen LogP contribution in [0.4, 0.5) is 18.0 Å². The Balaban J connectivity index is 1.60. The maximum atomic E-state index is 13.0. The van der Waals surface area contributed by atoms with E-state index in [1.54, 1.807) is 32.1 Å². The SMILES string of the molecule is COC(=O)N/C=C/CCC(C)c1cc(O)c(C(=O)C(C)Cc2ccc(Oc3ccc(C(F)(F)F)cc3)s2)c(=O)o1. The second kappa shape index (κ2) is 13.3. The Labute approximate surface area is 232 Å². The number of hydrogen-bond donors (Lipinski definition) is 2. The number of hydrogen-bond acceptors (Lipinski definition) is 8. The van der Waals surface area contributed by atoms with Gasteiger partial charge in [0.05, 0.1) is 12.7 Å². The molecule has 12 heteroatoms. The fourth-order valence-electron chi connectivity index (χ4n) is 3.72. The summed E-state index contributed by atoms with van der Waals surface area (Å²) in [6.07, 6.45) is -0.573. The maximum Gasteiger partial charge on any atom is 0.416 e. The summed E-state index contributed by atoms with van der Waals surface area (Å²) in [6, 6.07) is 8.92. The number of allylic oxidation sites excluding steroid dienone is 1. The summed E-state index contributed by atoms with van der Waals surface area (Å²) in [5.74, 6) is -1.52. The number of benzene rings is 1.